The van der Waals surface area contributed by atoms with E-state index in [9.17, 15) is 23.2 Å². The van der Waals surface area contributed by atoms with Crippen molar-refractivity contribution in [3.05, 3.63) is 59.7 Å². The van der Waals surface area contributed by atoms with E-state index in [0.29, 0.717) is 19.2 Å². The number of halogens is 2. The van der Waals surface area contributed by atoms with Gasteiger partial charge in [0.1, 0.15) is 11.6 Å². The lowest BCUT2D eigenvalue weighted by Crippen LogP contribution is -2.52. The summed E-state index contributed by atoms with van der Waals surface area (Å²) in [6.07, 6.45) is -0.756. The van der Waals surface area contributed by atoms with Crippen molar-refractivity contribution in [2.75, 3.05) is 29.9 Å². The van der Waals surface area contributed by atoms with Gasteiger partial charge in [0.2, 0.25) is 0 Å². The van der Waals surface area contributed by atoms with Crippen LogP contribution in [0.2, 0.25) is 0 Å². The molecule has 0 spiro atoms. The molecular weight excluding hydrogens is 396 g/mol. The molecule has 2 heterocycles. The van der Waals surface area contributed by atoms with Crippen LogP contribution in [0.5, 0.6) is 0 Å². The lowest BCUT2D eigenvalue weighted by Gasteiger charge is -2.27. The summed E-state index contributed by atoms with van der Waals surface area (Å²) in [5.74, 6) is -4.19. The number of rotatable bonds is 4. The fourth-order valence-corrected chi connectivity index (χ4v) is 3.38. The molecule has 1 unspecified atom stereocenters. The number of carbonyl (C=O) groups is 3. The normalized spacial score (nSPS) is 18.4. The molecule has 2 aromatic carbocycles. The van der Waals surface area contributed by atoms with Crippen LogP contribution in [0.15, 0.2) is 47.6 Å². The summed E-state index contributed by atoms with van der Waals surface area (Å²) in [6, 6.07) is 10.3. The predicted octanol–water partition coefficient (Wildman–Crippen LogP) is 1.85. The zero-order valence-electron chi connectivity index (χ0n) is 16.0. The first-order chi connectivity index (χ1) is 14.3. The Balaban J connectivity index is 1.55. The third-order valence-corrected chi connectivity index (χ3v) is 4.92. The number of hydrogen-bond acceptors (Lipinski definition) is 5. The highest BCUT2D eigenvalue weighted by Crippen LogP contribution is 2.27. The number of fused-ring (bicyclic) bond motifs is 1. The summed E-state index contributed by atoms with van der Waals surface area (Å²) in [5, 5.41) is 6.53. The van der Waals surface area contributed by atoms with E-state index >= 15 is 0 Å². The molecule has 0 saturated carbocycles. The van der Waals surface area contributed by atoms with Crippen molar-refractivity contribution in [3.63, 3.8) is 0 Å². The van der Waals surface area contributed by atoms with Crippen molar-refractivity contribution in [2.45, 2.75) is 13.2 Å². The summed E-state index contributed by atoms with van der Waals surface area (Å²) in [7, 11) is 0. The van der Waals surface area contributed by atoms with Crippen molar-refractivity contribution < 1.29 is 27.9 Å². The predicted molar refractivity (Wildman–Crippen MR) is 102 cm³/mol. The topological polar surface area (TPSA) is 85.1 Å². The van der Waals surface area contributed by atoms with Gasteiger partial charge >= 0.3 is 11.8 Å². The molecule has 0 bridgehead atoms. The summed E-state index contributed by atoms with van der Waals surface area (Å²) in [6.45, 7) is 2.19. The largest absolute Gasteiger partial charge is 0.502 e. The fourth-order valence-electron chi connectivity index (χ4n) is 3.38. The smallest absolute Gasteiger partial charge is 0.326 e. The minimum absolute atomic E-state index is 0.235. The van der Waals surface area contributed by atoms with Crippen LogP contribution in [0.1, 0.15) is 5.56 Å². The van der Waals surface area contributed by atoms with Crippen molar-refractivity contribution in [3.8, 4) is 0 Å². The van der Waals surface area contributed by atoms with Crippen LogP contribution >= 0.6 is 0 Å². The van der Waals surface area contributed by atoms with Crippen LogP contribution in [-0.2, 0) is 14.4 Å². The zero-order chi connectivity index (χ0) is 21.4. The Bertz CT molecular complexity index is 1070. The number of nitrogens with zero attached hydrogens (tertiary/aromatic N) is 4. The van der Waals surface area contributed by atoms with Crippen LogP contribution in [-0.4, -0.2) is 53.2 Å². The minimum atomic E-state index is -0.950. The van der Waals surface area contributed by atoms with Crippen molar-refractivity contribution in [2.24, 2.45) is 5.11 Å². The molecule has 1 atom stereocenters. The van der Waals surface area contributed by atoms with Gasteiger partial charge in [-0.2, -0.15) is 0 Å². The highest BCUT2D eigenvalue weighted by Gasteiger charge is 2.49. The Hall–Kier alpha value is -3.69. The van der Waals surface area contributed by atoms with Gasteiger partial charge in [-0.3, -0.25) is 14.5 Å². The van der Waals surface area contributed by atoms with Gasteiger partial charge in [-0.15, -0.1) is 0 Å². The lowest BCUT2D eigenvalue weighted by molar-refractivity contribution is -0.509. The van der Waals surface area contributed by atoms with Gasteiger partial charge in [0.15, 0.2) is 0 Å². The molecule has 4 rings (SSSR count). The van der Waals surface area contributed by atoms with E-state index in [1.54, 1.807) is 0 Å². The number of amides is 3. The molecule has 1 fully saturated rings. The average molecular weight is 414 g/mol. The molecule has 1 N–H and O–H groups in total. The molecular formula is C20H18F2N5O3+. The van der Waals surface area contributed by atoms with Gasteiger partial charge in [-0.05, 0) is 35.9 Å². The second kappa shape index (κ2) is 7.62. The van der Waals surface area contributed by atoms with Gasteiger partial charge in [0.05, 0.1) is 5.69 Å². The van der Waals surface area contributed by atoms with E-state index in [2.05, 4.69) is 10.4 Å². The molecule has 2 aromatic rings. The van der Waals surface area contributed by atoms with Gasteiger partial charge in [0, 0.05) is 30.0 Å². The summed E-state index contributed by atoms with van der Waals surface area (Å²) < 4.78 is 27.5. The van der Waals surface area contributed by atoms with Gasteiger partial charge in [-0.1, -0.05) is 17.7 Å². The number of carbonyl (C=O) groups excluding carboxylic acids is 3. The molecule has 1 saturated heterocycles. The maximum absolute atomic E-state index is 13.7. The molecule has 154 valence electrons. The van der Waals surface area contributed by atoms with Gasteiger partial charge in [-0.25, -0.2) is 13.6 Å². The maximum Gasteiger partial charge on any atom is 0.502 e. The summed E-state index contributed by atoms with van der Waals surface area (Å²) in [4.78, 5) is 40.4. The van der Waals surface area contributed by atoms with Crippen LogP contribution in [0.4, 0.5) is 20.2 Å². The lowest BCUT2D eigenvalue weighted by atomic mass is 10.2. The number of anilines is 2. The van der Waals surface area contributed by atoms with Gasteiger partial charge < -0.3 is 10.2 Å². The highest BCUT2D eigenvalue weighted by atomic mass is 19.1. The standard InChI is InChI=1S/C20H17F2N5O3/c1-12-2-5-14(6-3-12)25-8-9-26-18(29)19(30)27(24-20(25)26)11-17(28)23-16-7-4-13(21)10-15(16)22/h2-7,10,20H,8-9,11H2,1H3/p+1. The van der Waals surface area contributed by atoms with E-state index < -0.39 is 42.2 Å². The maximum atomic E-state index is 13.7. The molecule has 0 radical (unpaired) electrons. The zero-order valence-corrected chi connectivity index (χ0v) is 16.0. The van der Waals surface area contributed by atoms with Crippen molar-refractivity contribution >= 4 is 29.1 Å². The Morgan fingerprint density at radius 3 is 2.53 bits per heavy atom. The molecule has 8 nitrogen and oxygen atoms in total. The average Bonchev–Trinajstić information content (AvgIpc) is 3.12. The third-order valence-electron chi connectivity index (χ3n) is 4.92. The van der Waals surface area contributed by atoms with Crippen LogP contribution in [0, 0.1) is 18.6 Å². The van der Waals surface area contributed by atoms with Gasteiger partial charge in [0.25, 0.3) is 18.7 Å². The molecule has 2 aliphatic rings. The van der Waals surface area contributed by atoms with E-state index in [1.165, 1.54) is 4.90 Å². The van der Waals surface area contributed by atoms with E-state index in [1.807, 2.05) is 36.1 Å². The molecule has 30 heavy (non-hydrogen) atoms. The summed E-state index contributed by atoms with van der Waals surface area (Å²) in [5.41, 5.74) is 1.67. The number of nitrogens with one attached hydrogen (secondary N) is 1. The van der Waals surface area contributed by atoms with Crippen molar-refractivity contribution in [1.82, 2.24) is 4.90 Å². The Labute approximate surface area is 170 Å². The number of azo groups is 2. The van der Waals surface area contributed by atoms with E-state index in [0.717, 1.165) is 28.1 Å². The number of aryl methyl sites for hydroxylation is 1. The Kier molecular flexibility index (Phi) is 4.98. The van der Waals surface area contributed by atoms with Crippen molar-refractivity contribution in [1.29, 1.82) is 0 Å². The first-order valence-electron chi connectivity index (χ1n) is 9.25. The summed E-state index contributed by atoms with van der Waals surface area (Å²) >= 11 is 0. The molecule has 3 amide bonds. The molecule has 2 aliphatic heterocycles. The first-order valence-corrected chi connectivity index (χ1v) is 9.25. The molecule has 10 heteroatoms. The second-order valence-corrected chi connectivity index (χ2v) is 7.02. The van der Waals surface area contributed by atoms with Crippen LogP contribution in [0.3, 0.4) is 0 Å². The molecule has 0 aromatic heterocycles. The second-order valence-electron chi connectivity index (χ2n) is 7.02. The van der Waals surface area contributed by atoms with Crippen LogP contribution < -0.4 is 10.2 Å². The Morgan fingerprint density at radius 2 is 1.83 bits per heavy atom. The van der Waals surface area contributed by atoms with E-state index in [-0.39, 0.29) is 5.69 Å². The number of hydrogen-bond donors (Lipinski definition) is 1. The Morgan fingerprint density at radius 1 is 1.13 bits per heavy atom. The fraction of sp³-hybridized carbons (Fsp3) is 0.250. The monoisotopic (exact) mass is 414 g/mol. The molecule has 0 aliphatic carbocycles. The quantitative estimate of drug-likeness (QED) is 0.611. The third kappa shape index (κ3) is 3.63. The first kappa shape index (κ1) is 19.6. The minimum Gasteiger partial charge on any atom is -0.326 e. The number of benzene rings is 2. The highest BCUT2D eigenvalue weighted by molar-refractivity contribution is 6.32. The SMILES string of the molecule is Cc1ccc(N2CCN3C(=O)C(=O)[N+](CC(=O)Nc4ccc(F)cc4F)=NC32)cc1. The van der Waals surface area contributed by atoms with Crippen LogP contribution in [0.25, 0.3) is 0 Å². The van der Waals surface area contributed by atoms with E-state index in [4.69, 9.17) is 0 Å².